The number of esters is 1. The predicted octanol–water partition coefficient (Wildman–Crippen LogP) is 3.37. The second kappa shape index (κ2) is 6.78. The molecule has 1 saturated carbocycles. The lowest BCUT2D eigenvalue weighted by atomic mass is 9.75. The zero-order valence-corrected chi connectivity index (χ0v) is 15.3. The Hall–Kier alpha value is -2.30. The Bertz CT molecular complexity index is 820. The maximum absolute atomic E-state index is 13.1. The minimum atomic E-state index is -0.541. The Morgan fingerprint density at radius 1 is 1.23 bits per heavy atom. The van der Waals surface area contributed by atoms with Crippen molar-refractivity contribution in [2.24, 2.45) is 5.92 Å². The summed E-state index contributed by atoms with van der Waals surface area (Å²) in [5.41, 5.74) is 0.636. The SMILES string of the molecule is CN(CCn1ccc2ccccc21)C(=O)[C@@H]1CC(=O)OC12CCCCC2. The molecule has 1 aromatic heterocycles. The van der Waals surface area contributed by atoms with E-state index in [-0.39, 0.29) is 24.2 Å². The van der Waals surface area contributed by atoms with E-state index in [1.54, 1.807) is 4.90 Å². The van der Waals surface area contributed by atoms with Gasteiger partial charge in [-0.25, -0.2) is 0 Å². The van der Waals surface area contributed by atoms with E-state index in [1.807, 2.05) is 19.2 Å². The standard InChI is InChI=1S/C21H26N2O3/c1-22(13-14-23-12-9-16-7-3-4-8-18(16)23)20(25)17-15-19(24)26-21(17)10-5-2-6-11-21/h3-4,7-9,12,17H,2,5-6,10-11,13-15H2,1H3/t17-/m0/s1. The minimum absolute atomic E-state index is 0.0502. The summed E-state index contributed by atoms with van der Waals surface area (Å²) in [6, 6.07) is 10.3. The van der Waals surface area contributed by atoms with Crippen LogP contribution in [0, 0.1) is 5.92 Å². The number of likely N-dealkylation sites (N-methyl/N-ethyl adjacent to an activating group) is 1. The molecule has 5 heteroatoms. The van der Waals surface area contributed by atoms with Gasteiger partial charge >= 0.3 is 5.97 Å². The second-order valence-electron chi connectivity index (χ2n) is 7.68. The molecule has 2 fully saturated rings. The van der Waals surface area contributed by atoms with Gasteiger partial charge in [-0.3, -0.25) is 9.59 Å². The van der Waals surface area contributed by atoms with E-state index in [0.29, 0.717) is 6.54 Å². The monoisotopic (exact) mass is 354 g/mol. The summed E-state index contributed by atoms with van der Waals surface area (Å²) in [6.45, 7) is 1.36. The van der Waals surface area contributed by atoms with E-state index in [2.05, 4.69) is 29.0 Å². The number of fused-ring (bicyclic) bond motifs is 1. The van der Waals surface area contributed by atoms with E-state index in [1.165, 1.54) is 10.9 Å². The number of ether oxygens (including phenoxy) is 1. The summed E-state index contributed by atoms with van der Waals surface area (Å²) in [6.07, 6.45) is 7.18. The number of amides is 1. The van der Waals surface area contributed by atoms with Crippen molar-refractivity contribution in [1.82, 2.24) is 9.47 Å². The number of nitrogens with zero attached hydrogens (tertiary/aromatic N) is 2. The fourth-order valence-electron chi connectivity index (χ4n) is 4.57. The fourth-order valence-corrected chi connectivity index (χ4v) is 4.57. The number of para-hydroxylation sites is 1. The molecule has 5 nitrogen and oxygen atoms in total. The zero-order chi connectivity index (χ0) is 18.1. The van der Waals surface area contributed by atoms with Crippen LogP contribution in [0.5, 0.6) is 0 Å². The molecule has 1 saturated heterocycles. The number of carbonyl (C=O) groups excluding carboxylic acids is 2. The topological polar surface area (TPSA) is 51.5 Å². The highest BCUT2D eigenvalue weighted by molar-refractivity contribution is 5.88. The first kappa shape index (κ1) is 17.1. The number of carbonyl (C=O) groups is 2. The Morgan fingerprint density at radius 3 is 2.81 bits per heavy atom. The molecule has 4 rings (SSSR count). The molecule has 0 radical (unpaired) electrons. The Balaban J connectivity index is 1.44. The molecule has 26 heavy (non-hydrogen) atoms. The highest BCUT2D eigenvalue weighted by Crippen LogP contribution is 2.44. The van der Waals surface area contributed by atoms with Crippen molar-refractivity contribution in [1.29, 1.82) is 0 Å². The number of rotatable bonds is 4. The minimum Gasteiger partial charge on any atom is -0.458 e. The molecule has 0 unspecified atom stereocenters. The third-order valence-corrected chi connectivity index (χ3v) is 6.05. The van der Waals surface area contributed by atoms with Crippen LogP contribution in [-0.2, 0) is 20.9 Å². The third kappa shape index (κ3) is 3.00. The van der Waals surface area contributed by atoms with Crippen LogP contribution >= 0.6 is 0 Å². The van der Waals surface area contributed by atoms with Crippen molar-refractivity contribution in [2.45, 2.75) is 50.7 Å². The van der Waals surface area contributed by atoms with Gasteiger partial charge in [0.2, 0.25) is 5.91 Å². The summed E-state index contributed by atoms with van der Waals surface area (Å²) in [5, 5.41) is 1.21. The van der Waals surface area contributed by atoms with Crippen LogP contribution in [0.15, 0.2) is 36.5 Å². The number of hydrogen-bond acceptors (Lipinski definition) is 3. The van der Waals surface area contributed by atoms with Crippen molar-refractivity contribution in [3.05, 3.63) is 36.5 Å². The predicted molar refractivity (Wildman–Crippen MR) is 99.6 cm³/mol. The molecule has 0 bridgehead atoms. The smallest absolute Gasteiger partial charge is 0.307 e. The fraction of sp³-hybridized carbons (Fsp3) is 0.524. The molecule has 1 atom stereocenters. The Labute approximate surface area is 153 Å². The normalized spacial score (nSPS) is 21.9. The van der Waals surface area contributed by atoms with Gasteiger partial charge in [-0.1, -0.05) is 24.6 Å². The molecule has 1 aliphatic heterocycles. The van der Waals surface area contributed by atoms with Gasteiger partial charge in [-0.05, 0) is 43.2 Å². The van der Waals surface area contributed by atoms with Gasteiger partial charge in [0.25, 0.3) is 0 Å². The first-order valence-electron chi connectivity index (χ1n) is 9.60. The summed E-state index contributed by atoms with van der Waals surface area (Å²) in [7, 11) is 1.84. The van der Waals surface area contributed by atoms with Gasteiger partial charge in [-0.2, -0.15) is 0 Å². The van der Waals surface area contributed by atoms with Crippen molar-refractivity contribution in [3.8, 4) is 0 Å². The number of aromatic nitrogens is 1. The maximum atomic E-state index is 13.1. The summed E-state index contributed by atoms with van der Waals surface area (Å²) in [5.74, 6) is -0.481. The molecule has 1 aromatic carbocycles. The number of hydrogen-bond donors (Lipinski definition) is 0. The molecule has 2 aliphatic rings. The average molecular weight is 354 g/mol. The zero-order valence-electron chi connectivity index (χ0n) is 15.3. The van der Waals surface area contributed by atoms with Crippen LogP contribution in [0.4, 0.5) is 0 Å². The molecule has 0 N–H and O–H groups in total. The van der Waals surface area contributed by atoms with E-state index in [9.17, 15) is 9.59 Å². The van der Waals surface area contributed by atoms with Crippen LogP contribution in [0.25, 0.3) is 10.9 Å². The quantitative estimate of drug-likeness (QED) is 0.791. The number of benzene rings is 1. The van der Waals surface area contributed by atoms with Crippen molar-refractivity contribution in [2.75, 3.05) is 13.6 Å². The lowest BCUT2D eigenvalue weighted by Gasteiger charge is -2.37. The average Bonchev–Trinajstić information content (AvgIpc) is 3.20. The van der Waals surface area contributed by atoms with Gasteiger partial charge < -0.3 is 14.2 Å². The van der Waals surface area contributed by atoms with E-state index < -0.39 is 5.60 Å². The molecule has 1 aliphatic carbocycles. The van der Waals surface area contributed by atoms with Crippen LogP contribution in [0.3, 0.4) is 0 Å². The highest BCUT2D eigenvalue weighted by Gasteiger charge is 2.53. The lowest BCUT2D eigenvalue weighted by Crippen LogP contribution is -2.46. The molecule has 1 spiro atoms. The molecule has 138 valence electrons. The summed E-state index contributed by atoms with van der Waals surface area (Å²) < 4.78 is 7.86. The first-order chi connectivity index (χ1) is 12.6. The van der Waals surface area contributed by atoms with Crippen LogP contribution < -0.4 is 0 Å². The van der Waals surface area contributed by atoms with Gasteiger partial charge in [0.1, 0.15) is 5.60 Å². The first-order valence-corrected chi connectivity index (χ1v) is 9.60. The van der Waals surface area contributed by atoms with Crippen molar-refractivity contribution >= 4 is 22.8 Å². The second-order valence-corrected chi connectivity index (χ2v) is 7.68. The van der Waals surface area contributed by atoms with Gasteiger partial charge in [0.15, 0.2) is 0 Å². The van der Waals surface area contributed by atoms with E-state index in [4.69, 9.17) is 4.74 Å². The molecular formula is C21H26N2O3. The highest BCUT2D eigenvalue weighted by atomic mass is 16.6. The van der Waals surface area contributed by atoms with E-state index >= 15 is 0 Å². The van der Waals surface area contributed by atoms with Crippen molar-refractivity contribution < 1.29 is 14.3 Å². The molecule has 2 heterocycles. The van der Waals surface area contributed by atoms with Gasteiger partial charge in [0.05, 0.1) is 12.3 Å². The molecule has 1 amide bonds. The largest absolute Gasteiger partial charge is 0.458 e. The maximum Gasteiger partial charge on any atom is 0.307 e. The molecular weight excluding hydrogens is 328 g/mol. The summed E-state index contributed by atoms with van der Waals surface area (Å²) in [4.78, 5) is 26.8. The van der Waals surface area contributed by atoms with E-state index in [0.717, 1.165) is 38.6 Å². The molecule has 2 aromatic rings. The van der Waals surface area contributed by atoms with Crippen LogP contribution in [-0.4, -0.2) is 40.5 Å². The Kier molecular flexibility index (Phi) is 4.47. The van der Waals surface area contributed by atoms with Crippen molar-refractivity contribution in [3.63, 3.8) is 0 Å². The Morgan fingerprint density at radius 2 is 2.00 bits per heavy atom. The van der Waals surface area contributed by atoms with Gasteiger partial charge in [0, 0.05) is 31.9 Å². The third-order valence-electron chi connectivity index (χ3n) is 6.05. The summed E-state index contributed by atoms with van der Waals surface area (Å²) >= 11 is 0. The lowest BCUT2D eigenvalue weighted by molar-refractivity contribution is -0.155. The van der Waals surface area contributed by atoms with Crippen LogP contribution in [0.1, 0.15) is 38.5 Å². The van der Waals surface area contributed by atoms with Crippen LogP contribution in [0.2, 0.25) is 0 Å². The van der Waals surface area contributed by atoms with Gasteiger partial charge in [-0.15, -0.1) is 0 Å².